The van der Waals surface area contributed by atoms with Gasteiger partial charge in [-0.05, 0) is 55.1 Å². The Bertz CT molecular complexity index is 745. The smallest absolute Gasteiger partial charge is 0.264 e. The Morgan fingerprint density at radius 3 is 2.67 bits per heavy atom. The molecule has 21 heavy (non-hydrogen) atoms. The number of thioether (sulfide) groups is 1. The molecule has 0 saturated carbocycles. The second-order valence-electron chi connectivity index (χ2n) is 4.45. The number of nitrogens with zero attached hydrogens (tertiary/aromatic N) is 1. The number of hydrogen-bond acceptors (Lipinski definition) is 5. The number of amidine groups is 1. The highest BCUT2D eigenvalue weighted by molar-refractivity contribution is 8.18. The van der Waals surface area contributed by atoms with Crippen LogP contribution in [0.2, 0.25) is 0 Å². The predicted octanol–water partition coefficient (Wildman–Crippen LogP) is 3.19. The maximum absolute atomic E-state index is 11.9. The van der Waals surface area contributed by atoms with Crippen LogP contribution in [0.5, 0.6) is 5.75 Å². The minimum atomic E-state index is -0.202. The number of aliphatic imine (C=N–C) groups is 1. The third kappa shape index (κ3) is 3.17. The van der Waals surface area contributed by atoms with E-state index in [4.69, 9.17) is 4.42 Å². The summed E-state index contributed by atoms with van der Waals surface area (Å²) in [6, 6.07) is 10.1. The first kappa shape index (κ1) is 13.5. The Labute approximate surface area is 125 Å². The van der Waals surface area contributed by atoms with Crippen molar-refractivity contribution in [3.63, 3.8) is 0 Å². The van der Waals surface area contributed by atoms with Crippen molar-refractivity contribution in [2.45, 2.75) is 6.92 Å². The first-order valence-electron chi connectivity index (χ1n) is 6.25. The van der Waals surface area contributed by atoms with Crippen LogP contribution in [-0.4, -0.2) is 16.2 Å². The zero-order valence-electron chi connectivity index (χ0n) is 11.2. The van der Waals surface area contributed by atoms with E-state index in [0.29, 0.717) is 21.5 Å². The molecule has 3 rings (SSSR count). The predicted molar refractivity (Wildman–Crippen MR) is 82.4 cm³/mol. The van der Waals surface area contributed by atoms with E-state index in [1.54, 1.807) is 30.3 Å². The lowest BCUT2D eigenvalue weighted by atomic mass is 10.3. The van der Waals surface area contributed by atoms with Crippen LogP contribution in [0.1, 0.15) is 11.5 Å². The number of rotatable bonds is 2. The molecular formula is C15H12N2O3S. The van der Waals surface area contributed by atoms with Gasteiger partial charge in [0.25, 0.3) is 5.91 Å². The van der Waals surface area contributed by atoms with E-state index in [9.17, 15) is 9.90 Å². The van der Waals surface area contributed by atoms with E-state index >= 15 is 0 Å². The van der Waals surface area contributed by atoms with Gasteiger partial charge in [-0.15, -0.1) is 0 Å². The molecule has 1 amide bonds. The number of benzene rings is 1. The van der Waals surface area contributed by atoms with Crippen LogP contribution < -0.4 is 5.32 Å². The average Bonchev–Trinajstić information content (AvgIpc) is 3.00. The quantitative estimate of drug-likeness (QED) is 0.835. The van der Waals surface area contributed by atoms with Crippen LogP contribution in [0.4, 0.5) is 5.69 Å². The van der Waals surface area contributed by atoms with E-state index < -0.39 is 0 Å². The molecule has 0 unspecified atom stereocenters. The summed E-state index contributed by atoms with van der Waals surface area (Å²) in [5, 5.41) is 12.4. The molecule has 106 valence electrons. The molecule has 2 N–H and O–H groups in total. The molecule has 2 heterocycles. The number of carbonyl (C=O) groups excluding carboxylic acids is 1. The van der Waals surface area contributed by atoms with Gasteiger partial charge >= 0.3 is 0 Å². The molecular weight excluding hydrogens is 288 g/mol. The topological polar surface area (TPSA) is 74.8 Å². The summed E-state index contributed by atoms with van der Waals surface area (Å²) in [5.74, 6) is 1.40. The van der Waals surface area contributed by atoms with Crippen molar-refractivity contribution in [2.24, 2.45) is 4.99 Å². The zero-order chi connectivity index (χ0) is 14.8. The second kappa shape index (κ2) is 5.49. The summed E-state index contributed by atoms with van der Waals surface area (Å²) in [7, 11) is 0. The normalized spacial score (nSPS) is 18.4. The lowest BCUT2D eigenvalue weighted by Crippen LogP contribution is -2.19. The van der Waals surface area contributed by atoms with Gasteiger partial charge < -0.3 is 14.8 Å². The molecule has 6 heteroatoms. The van der Waals surface area contributed by atoms with Crippen molar-refractivity contribution in [3.05, 3.63) is 52.8 Å². The largest absolute Gasteiger partial charge is 0.508 e. The van der Waals surface area contributed by atoms with Crippen LogP contribution in [0, 0.1) is 6.92 Å². The highest BCUT2D eigenvalue weighted by Crippen LogP contribution is 2.28. The molecule has 0 atom stereocenters. The number of carbonyl (C=O) groups is 1. The Hall–Kier alpha value is -2.47. The van der Waals surface area contributed by atoms with E-state index in [1.807, 2.05) is 19.1 Å². The summed E-state index contributed by atoms with van der Waals surface area (Å²) in [6.45, 7) is 1.85. The zero-order valence-corrected chi connectivity index (χ0v) is 12.0. The van der Waals surface area contributed by atoms with Crippen molar-refractivity contribution < 1.29 is 14.3 Å². The molecule has 0 spiro atoms. The summed E-state index contributed by atoms with van der Waals surface area (Å²) in [5.41, 5.74) is 0.658. The number of amides is 1. The first-order chi connectivity index (χ1) is 10.1. The lowest BCUT2D eigenvalue weighted by Gasteiger charge is -1.96. The standard InChI is InChI=1S/C15H12N2O3S/c1-9-2-7-12(20-9)8-13-14(19)17-15(21-13)16-10-3-5-11(18)6-4-10/h2-8,18H,1H3,(H,16,17,19). The minimum absolute atomic E-state index is 0.177. The molecule has 0 bridgehead atoms. The van der Waals surface area contributed by atoms with Gasteiger partial charge in [0, 0.05) is 6.08 Å². The molecule has 0 radical (unpaired) electrons. The monoisotopic (exact) mass is 300 g/mol. The number of aryl methyl sites for hydroxylation is 1. The molecule has 1 saturated heterocycles. The van der Waals surface area contributed by atoms with Gasteiger partial charge in [-0.3, -0.25) is 4.79 Å². The fraction of sp³-hybridized carbons (Fsp3) is 0.0667. The average molecular weight is 300 g/mol. The summed E-state index contributed by atoms with van der Waals surface area (Å²) in [4.78, 5) is 16.7. The number of furan rings is 1. The number of aromatic hydroxyl groups is 1. The SMILES string of the molecule is Cc1ccc(C=C2SC(=Nc3ccc(O)cc3)NC2=O)o1. The van der Waals surface area contributed by atoms with E-state index in [-0.39, 0.29) is 11.7 Å². The number of phenolic OH excluding ortho intramolecular Hbond substituents is 1. The Morgan fingerprint density at radius 1 is 1.24 bits per heavy atom. The van der Waals surface area contributed by atoms with Crippen molar-refractivity contribution in [1.29, 1.82) is 0 Å². The summed E-state index contributed by atoms with van der Waals surface area (Å²) >= 11 is 1.25. The molecule has 1 aliphatic rings. The van der Waals surface area contributed by atoms with Crippen molar-refractivity contribution in [1.82, 2.24) is 5.32 Å². The van der Waals surface area contributed by atoms with E-state index in [0.717, 1.165) is 5.76 Å². The van der Waals surface area contributed by atoms with Crippen LogP contribution >= 0.6 is 11.8 Å². The van der Waals surface area contributed by atoms with E-state index in [2.05, 4.69) is 10.3 Å². The second-order valence-corrected chi connectivity index (χ2v) is 5.48. The van der Waals surface area contributed by atoms with Crippen molar-refractivity contribution in [2.75, 3.05) is 0 Å². The van der Waals surface area contributed by atoms with Gasteiger partial charge in [0.05, 0.1) is 10.6 Å². The molecule has 5 nitrogen and oxygen atoms in total. The Morgan fingerprint density at radius 2 is 2.00 bits per heavy atom. The lowest BCUT2D eigenvalue weighted by molar-refractivity contribution is -0.115. The number of nitrogens with one attached hydrogen (secondary N) is 1. The van der Waals surface area contributed by atoms with Gasteiger partial charge in [-0.25, -0.2) is 4.99 Å². The van der Waals surface area contributed by atoms with Crippen LogP contribution in [0.25, 0.3) is 6.08 Å². The molecule has 1 aromatic heterocycles. The fourth-order valence-electron chi connectivity index (χ4n) is 1.79. The highest BCUT2D eigenvalue weighted by atomic mass is 32.2. The minimum Gasteiger partial charge on any atom is -0.508 e. The first-order valence-corrected chi connectivity index (χ1v) is 7.07. The molecule has 1 fully saturated rings. The third-order valence-corrected chi connectivity index (χ3v) is 3.68. The Kier molecular flexibility index (Phi) is 3.53. The maximum Gasteiger partial charge on any atom is 0.264 e. The van der Waals surface area contributed by atoms with Crippen molar-refractivity contribution in [3.8, 4) is 5.75 Å². The van der Waals surface area contributed by atoms with Gasteiger partial charge in [-0.1, -0.05) is 0 Å². The highest BCUT2D eigenvalue weighted by Gasteiger charge is 2.24. The fourth-order valence-corrected chi connectivity index (χ4v) is 2.61. The van der Waals surface area contributed by atoms with E-state index in [1.165, 1.54) is 11.8 Å². The van der Waals surface area contributed by atoms with Gasteiger partial charge in [0.2, 0.25) is 0 Å². The Balaban J connectivity index is 1.81. The van der Waals surface area contributed by atoms with Gasteiger partial charge in [0.1, 0.15) is 17.3 Å². The number of phenols is 1. The third-order valence-electron chi connectivity index (χ3n) is 2.77. The number of hydrogen-bond donors (Lipinski definition) is 2. The summed E-state index contributed by atoms with van der Waals surface area (Å²) in [6.07, 6.45) is 1.69. The van der Waals surface area contributed by atoms with Crippen LogP contribution in [-0.2, 0) is 4.79 Å². The molecule has 2 aromatic rings. The van der Waals surface area contributed by atoms with Crippen LogP contribution in [0.3, 0.4) is 0 Å². The molecule has 1 aromatic carbocycles. The maximum atomic E-state index is 11.9. The summed E-state index contributed by atoms with van der Waals surface area (Å²) < 4.78 is 5.42. The molecule has 0 aliphatic carbocycles. The van der Waals surface area contributed by atoms with Gasteiger partial charge in [-0.2, -0.15) is 0 Å². The van der Waals surface area contributed by atoms with Crippen molar-refractivity contribution >= 4 is 34.6 Å². The molecule has 1 aliphatic heterocycles. The van der Waals surface area contributed by atoms with Crippen LogP contribution in [0.15, 0.2) is 50.7 Å². The van der Waals surface area contributed by atoms with Gasteiger partial charge in [0.15, 0.2) is 5.17 Å².